The fourth-order valence-electron chi connectivity index (χ4n) is 2.28. The molecule has 0 unspecified atom stereocenters. The lowest BCUT2D eigenvalue weighted by molar-refractivity contribution is 0.0996. The van der Waals surface area contributed by atoms with Crippen molar-refractivity contribution < 1.29 is 14.3 Å². The Hall–Kier alpha value is -2.53. The molecule has 0 bridgehead atoms. The minimum absolute atomic E-state index is 0.357. The van der Waals surface area contributed by atoms with E-state index in [1.807, 2.05) is 54.6 Å². The van der Waals surface area contributed by atoms with E-state index in [0.717, 1.165) is 29.9 Å². The normalized spacial score (nSPS) is 11.7. The van der Waals surface area contributed by atoms with Gasteiger partial charge < -0.3 is 20.9 Å². The largest absolute Gasteiger partial charge is 0.457 e. The van der Waals surface area contributed by atoms with Crippen molar-refractivity contribution in [3.05, 3.63) is 60.2 Å². The van der Waals surface area contributed by atoms with Gasteiger partial charge in [-0.25, -0.2) is 4.79 Å². The maximum Gasteiger partial charge on any atom is 0.405 e. The monoisotopic (exact) mass is 314 g/mol. The maximum atomic E-state index is 11.1. The summed E-state index contributed by atoms with van der Waals surface area (Å²) >= 11 is 0. The molecule has 0 radical (unpaired) electrons. The van der Waals surface area contributed by atoms with E-state index < -0.39 is 6.09 Å². The Kier molecular flexibility index (Phi) is 6.44. The highest BCUT2D eigenvalue weighted by atomic mass is 16.6. The first-order valence-corrected chi connectivity index (χ1v) is 7.68. The average molecular weight is 314 g/mol. The number of para-hydroxylation sites is 1. The van der Waals surface area contributed by atoms with E-state index in [1.54, 1.807) is 0 Å². The van der Waals surface area contributed by atoms with Gasteiger partial charge in [0, 0.05) is 0 Å². The molecule has 0 saturated carbocycles. The highest BCUT2D eigenvalue weighted by Gasteiger charge is 2.15. The molecule has 2 rings (SSSR count). The number of carbonyl (C=O) groups excluding carboxylic acids is 1. The zero-order chi connectivity index (χ0) is 16.5. The Balaban J connectivity index is 2.03. The number of unbranched alkanes of at least 4 members (excludes halogenated alkanes) is 1. The van der Waals surface area contributed by atoms with Gasteiger partial charge in [0.1, 0.15) is 17.6 Å². The number of rotatable bonds is 8. The molecular weight excluding hydrogens is 292 g/mol. The van der Waals surface area contributed by atoms with Crippen molar-refractivity contribution in [2.75, 3.05) is 6.54 Å². The van der Waals surface area contributed by atoms with Gasteiger partial charge in [-0.05, 0) is 55.6 Å². The highest BCUT2D eigenvalue weighted by molar-refractivity contribution is 5.65. The lowest BCUT2D eigenvalue weighted by atomic mass is 10.0. The molecule has 0 aromatic heterocycles. The molecule has 0 fully saturated rings. The summed E-state index contributed by atoms with van der Waals surface area (Å²) in [5.74, 6) is 1.49. The first kappa shape index (κ1) is 16.8. The third-order valence-electron chi connectivity index (χ3n) is 3.41. The Labute approximate surface area is 136 Å². The summed E-state index contributed by atoms with van der Waals surface area (Å²) in [6.07, 6.45) is 1.32. The average Bonchev–Trinajstić information content (AvgIpc) is 2.55. The molecule has 0 aliphatic rings. The number of hydrogen-bond acceptors (Lipinski definition) is 4. The molecule has 4 N–H and O–H groups in total. The van der Waals surface area contributed by atoms with Crippen LogP contribution in [-0.2, 0) is 4.74 Å². The van der Waals surface area contributed by atoms with Gasteiger partial charge in [-0.3, -0.25) is 0 Å². The van der Waals surface area contributed by atoms with Crippen molar-refractivity contribution in [1.29, 1.82) is 0 Å². The highest BCUT2D eigenvalue weighted by Crippen LogP contribution is 2.27. The zero-order valence-electron chi connectivity index (χ0n) is 13.0. The number of ether oxygens (including phenoxy) is 2. The van der Waals surface area contributed by atoms with Crippen molar-refractivity contribution >= 4 is 6.09 Å². The number of nitrogens with two attached hydrogens (primary N) is 2. The fraction of sp³-hybridized carbons (Fsp3) is 0.278. The third kappa shape index (κ3) is 5.64. The van der Waals surface area contributed by atoms with Gasteiger partial charge in [-0.15, -0.1) is 0 Å². The van der Waals surface area contributed by atoms with Crippen LogP contribution >= 0.6 is 0 Å². The molecule has 0 aliphatic carbocycles. The Morgan fingerprint density at radius 1 is 0.957 bits per heavy atom. The maximum absolute atomic E-state index is 11.1. The van der Waals surface area contributed by atoms with Crippen molar-refractivity contribution in [3.63, 3.8) is 0 Å². The minimum Gasteiger partial charge on any atom is -0.457 e. The van der Waals surface area contributed by atoms with Crippen LogP contribution in [0.3, 0.4) is 0 Å². The standard InChI is InChI=1S/C18H22N2O3/c19-13-5-4-8-17(23-18(20)21)14-9-11-16(12-10-14)22-15-6-2-1-3-7-15/h1-3,6-7,9-12,17H,4-5,8,13,19H2,(H2,20,21)/t17-/m0/s1. The van der Waals surface area contributed by atoms with Crippen LogP contribution in [0, 0.1) is 0 Å². The van der Waals surface area contributed by atoms with Crippen molar-refractivity contribution in [2.45, 2.75) is 25.4 Å². The lowest BCUT2D eigenvalue weighted by Crippen LogP contribution is -2.17. The van der Waals surface area contributed by atoms with Gasteiger partial charge in [0.05, 0.1) is 0 Å². The molecule has 0 spiro atoms. The number of amides is 1. The van der Waals surface area contributed by atoms with Crippen LogP contribution in [0.15, 0.2) is 54.6 Å². The minimum atomic E-state index is -0.771. The van der Waals surface area contributed by atoms with Gasteiger partial charge in [0.15, 0.2) is 0 Å². The second-order valence-electron chi connectivity index (χ2n) is 5.19. The van der Waals surface area contributed by atoms with E-state index >= 15 is 0 Å². The summed E-state index contributed by atoms with van der Waals surface area (Å²) in [6, 6.07) is 17.0. The van der Waals surface area contributed by atoms with E-state index in [2.05, 4.69) is 0 Å². The molecule has 0 heterocycles. The summed E-state index contributed by atoms with van der Waals surface area (Å²) in [5.41, 5.74) is 11.5. The Morgan fingerprint density at radius 3 is 2.22 bits per heavy atom. The van der Waals surface area contributed by atoms with Crippen LogP contribution < -0.4 is 16.2 Å². The summed E-state index contributed by atoms with van der Waals surface area (Å²) in [7, 11) is 0. The van der Waals surface area contributed by atoms with Gasteiger partial charge in [0.25, 0.3) is 0 Å². The SMILES string of the molecule is NCCCC[C@H](OC(N)=O)c1ccc(Oc2ccccc2)cc1. The molecule has 1 amide bonds. The first-order chi connectivity index (χ1) is 11.2. The smallest absolute Gasteiger partial charge is 0.405 e. The zero-order valence-corrected chi connectivity index (χ0v) is 13.0. The number of benzene rings is 2. The molecule has 1 atom stereocenters. The quantitative estimate of drug-likeness (QED) is 0.726. The van der Waals surface area contributed by atoms with Crippen LogP contribution in [-0.4, -0.2) is 12.6 Å². The van der Waals surface area contributed by atoms with E-state index in [9.17, 15) is 4.79 Å². The summed E-state index contributed by atoms with van der Waals surface area (Å²) in [4.78, 5) is 11.1. The summed E-state index contributed by atoms with van der Waals surface area (Å²) in [6.45, 7) is 0.618. The molecular formula is C18H22N2O3. The van der Waals surface area contributed by atoms with Gasteiger partial charge >= 0.3 is 6.09 Å². The van der Waals surface area contributed by atoms with E-state index in [1.165, 1.54) is 0 Å². The number of hydrogen-bond donors (Lipinski definition) is 2. The topological polar surface area (TPSA) is 87.6 Å². The van der Waals surface area contributed by atoms with Crippen LogP contribution in [0.1, 0.15) is 30.9 Å². The molecule has 0 saturated heterocycles. The summed E-state index contributed by atoms with van der Waals surface area (Å²) in [5, 5.41) is 0. The fourth-order valence-corrected chi connectivity index (χ4v) is 2.28. The van der Waals surface area contributed by atoms with Crippen LogP contribution in [0.4, 0.5) is 4.79 Å². The van der Waals surface area contributed by atoms with E-state index in [-0.39, 0.29) is 6.10 Å². The Morgan fingerprint density at radius 2 is 1.61 bits per heavy atom. The molecule has 122 valence electrons. The second kappa shape index (κ2) is 8.80. The molecule has 2 aromatic carbocycles. The van der Waals surface area contributed by atoms with Crippen LogP contribution in [0.25, 0.3) is 0 Å². The molecule has 23 heavy (non-hydrogen) atoms. The summed E-state index contributed by atoms with van der Waals surface area (Å²) < 4.78 is 10.9. The molecule has 2 aromatic rings. The van der Waals surface area contributed by atoms with Gasteiger partial charge in [-0.2, -0.15) is 0 Å². The van der Waals surface area contributed by atoms with Crippen molar-refractivity contribution in [2.24, 2.45) is 11.5 Å². The van der Waals surface area contributed by atoms with Gasteiger partial charge in [0.2, 0.25) is 0 Å². The van der Waals surface area contributed by atoms with Gasteiger partial charge in [-0.1, -0.05) is 30.3 Å². The van der Waals surface area contributed by atoms with Crippen molar-refractivity contribution in [3.8, 4) is 11.5 Å². The lowest BCUT2D eigenvalue weighted by Gasteiger charge is -2.17. The van der Waals surface area contributed by atoms with Crippen LogP contribution in [0.5, 0.6) is 11.5 Å². The first-order valence-electron chi connectivity index (χ1n) is 7.68. The predicted molar refractivity (Wildman–Crippen MR) is 89.3 cm³/mol. The van der Waals surface area contributed by atoms with Crippen LogP contribution in [0.2, 0.25) is 0 Å². The van der Waals surface area contributed by atoms with Crippen molar-refractivity contribution in [1.82, 2.24) is 0 Å². The predicted octanol–water partition coefficient (Wildman–Crippen LogP) is 3.74. The Bertz CT molecular complexity index is 599. The van der Waals surface area contributed by atoms with E-state index in [0.29, 0.717) is 13.0 Å². The second-order valence-corrected chi connectivity index (χ2v) is 5.19. The van der Waals surface area contributed by atoms with E-state index in [4.69, 9.17) is 20.9 Å². The number of carbonyl (C=O) groups is 1. The molecule has 5 nitrogen and oxygen atoms in total. The third-order valence-corrected chi connectivity index (χ3v) is 3.41. The number of primary amides is 1. The molecule has 0 aliphatic heterocycles. The molecule has 5 heteroatoms.